The summed E-state index contributed by atoms with van der Waals surface area (Å²) < 4.78 is 0. The molecule has 1 atom stereocenters. The van der Waals surface area contributed by atoms with E-state index < -0.39 is 5.97 Å². The molecule has 5 nitrogen and oxygen atoms in total. The fourth-order valence-electron chi connectivity index (χ4n) is 2.48. The number of hydrogen-bond acceptors (Lipinski definition) is 2. The first-order chi connectivity index (χ1) is 8.88. The first-order valence-corrected chi connectivity index (χ1v) is 6.23. The second kappa shape index (κ2) is 4.91. The minimum atomic E-state index is -0.882. The Morgan fingerprint density at radius 3 is 2.42 bits per heavy atom. The summed E-state index contributed by atoms with van der Waals surface area (Å²) in [6, 6.07) is 5.52. The first kappa shape index (κ1) is 13.4. The smallest absolute Gasteiger partial charge is 0.324 e. The van der Waals surface area contributed by atoms with Gasteiger partial charge in [-0.3, -0.25) is 9.69 Å². The van der Waals surface area contributed by atoms with Crippen LogP contribution in [0.5, 0.6) is 0 Å². The molecule has 0 aromatic heterocycles. The number of hydrogen-bond donors (Lipinski definition) is 1. The monoisotopic (exact) mass is 262 g/mol. The quantitative estimate of drug-likeness (QED) is 0.906. The van der Waals surface area contributed by atoms with Crippen LogP contribution >= 0.6 is 0 Å². The SMILES string of the molecule is Cc1cc(C)cc(N2CC(CC(=O)O)N(C)C2=O)c1. The Labute approximate surface area is 112 Å². The number of carboxylic acid groups (broad SMARTS) is 1. The average Bonchev–Trinajstić information content (AvgIpc) is 2.55. The van der Waals surface area contributed by atoms with Crippen molar-refractivity contribution in [2.45, 2.75) is 26.3 Å². The van der Waals surface area contributed by atoms with Crippen LogP contribution in [0.3, 0.4) is 0 Å². The number of likely N-dealkylation sites (N-methyl/N-ethyl adjacent to an activating group) is 1. The fourth-order valence-corrected chi connectivity index (χ4v) is 2.48. The highest BCUT2D eigenvalue weighted by molar-refractivity contribution is 5.95. The van der Waals surface area contributed by atoms with Gasteiger partial charge < -0.3 is 10.0 Å². The zero-order valence-electron chi connectivity index (χ0n) is 11.4. The maximum Gasteiger partial charge on any atom is 0.324 e. The van der Waals surface area contributed by atoms with E-state index in [1.54, 1.807) is 11.9 Å². The molecule has 5 heteroatoms. The Kier molecular flexibility index (Phi) is 3.46. The molecule has 1 aromatic rings. The predicted octanol–water partition coefficient (Wildman–Crippen LogP) is 2.02. The molecule has 1 heterocycles. The summed E-state index contributed by atoms with van der Waals surface area (Å²) in [6.07, 6.45) is -0.0243. The van der Waals surface area contributed by atoms with Crippen molar-refractivity contribution < 1.29 is 14.7 Å². The number of carboxylic acids is 1. The predicted molar refractivity (Wildman–Crippen MR) is 72.5 cm³/mol. The van der Waals surface area contributed by atoms with Crippen LogP contribution in [-0.2, 0) is 4.79 Å². The summed E-state index contributed by atoms with van der Waals surface area (Å²) in [4.78, 5) is 26.1. The Balaban J connectivity index is 2.26. The summed E-state index contributed by atoms with van der Waals surface area (Å²) in [5, 5.41) is 8.87. The van der Waals surface area contributed by atoms with Crippen LogP contribution in [0.25, 0.3) is 0 Å². The Bertz CT molecular complexity index is 507. The van der Waals surface area contributed by atoms with E-state index in [4.69, 9.17) is 5.11 Å². The van der Waals surface area contributed by atoms with Gasteiger partial charge in [-0.05, 0) is 37.1 Å². The van der Waals surface area contributed by atoms with Crippen LogP contribution in [0.15, 0.2) is 18.2 Å². The van der Waals surface area contributed by atoms with Gasteiger partial charge in [0, 0.05) is 19.3 Å². The van der Waals surface area contributed by atoms with E-state index in [1.165, 1.54) is 4.90 Å². The van der Waals surface area contributed by atoms with Crippen molar-refractivity contribution in [3.63, 3.8) is 0 Å². The van der Waals surface area contributed by atoms with Crippen molar-refractivity contribution in [2.75, 3.05) is 18.5 Å². The van der Waals surface area contributed by atoms with E-state index in [-0.39, 0.29) is 18.5 Å². The topological polar surface area (TPSA) is 60.9 Å². The lowest BCUT2D eigenvalue weighted by Gasteiger charge is -2.17. The lowest BCUT2D eigenvalue weighted by atomic mass is 10.1. The van der Waals surface area contributed by atoms with Crippen molar-refractivity contribution in [3.8, 4) is 0 Å². The van der Waals surface area contributed by atoms with Crippen LogP contribution in [0.1, 0.15) is 17.5 Å². The number of rotatable bonds is 3. The van der Waals surface area contributed by atoms with E-state index in [2.05, 4.69) is 0 Å². The summed E-state index contributed by atoms with van der Waals surface area (Å²) in [5.74, 6) is -0.882. The molecule has 0 bridgehead atoms. The van der Waals surface area contributed by atoms with E-state index in [1.807, 2.05) is 32.0 Å². The zero-order valence-corrected chi connectivity index (χ0v) is 11.4. The number of carbonyl (C=O) groups is 2. The third kappa shape index (κ3) is 2.70. The molecule has 1 unspecified atom stereocenters. The molecule has 1 saturated heterocycles. The molecule has 1 N–H and O–H groups in total. The van der Waals surface area contributed by atoms with E-state index in [9.17, 15) is 9.59 Å². The second-order valence-electron chi connectivity index (χ2n) is 5.10. The molecule has 1 aliphatic heterocycles. The van der Waals surface area contributed by atoms with Gasteiger partial charge in [-0.2, -0.15) is 0 Å². The van der Waals surface area contributed by atoms with Crippen LogP contribution in [-0.4, -0.2) is 41.6 Å². The van der Waals surface area contributed by atoms with Gasteiger partial charge in [-0.1, -0.05) is 6.07 Å². The van der Waals surface area contributed by atoms with Crippen LogP contribution in [0.4, 0.5) is 10.5 Å². The molecule has 0 spiro atoms. The van der Waals surface area contributed by atoms with Gasteiger partial charge >= 0.3 is 12.0 Å². The molecular weight excluding hydrogens is 244 g/mol. The normalized spacial score (nSPS) is 19.1. The molecular formula is C14H18N2O3. The minimum Gasteiger partial charge on any atom is -0.481 e. The summed E-state index contributed by atoms with van der Waals surface area (Å²) in [5.41, 5.74) is 3.02. The Morgan fingerprint density at radius 2 is 1.89 bits per heavy atom. The Hall–Kier alpha value is -2.04. The first-order valence-electron chi connectivity index (χ1n) is 6.23. The van der Waals surface area contributed by atoms with Crippen LogP contribution in [0, 0.1) is 13.8 Å². The van der Waals surface area contributed by atoms with E-state index >= 15 is 0 Å². The largest absolute Gasteiger partial charge is 0.481 e. The summed E-state index contributed by atoms with van der Waals surface area (Å²) >= 11 is 0. The average molecular weight is 262 g/mol. The molecule has 0 aliphatic carbocycles. The van der Waals surface area contributed by atoms with Crippen LogP contribution < -0.4 is 4.90 Å². The molecule has 2 rings (SSSR count). The highest BCUT2D eigenvalue weighted by atomic mass is 16.4. The van der Waals surface area contributed by atoms with Gasteiger partial charge in [-0.15, -0.1) is 0 Å². The second-order valence-corrected chi connectivity index (χ2v) is 5.10. The molecule has 1 aromatic carbocycles. The zero-order chi connectivity index (χ0) is 14.2. The van der Waals surface area contributed by atoms with Gasteiger partial charge in [0.05, 0.1) is 12.5 Å². The third-order valence-corrected chi connectivity index (χ3v) is 3.40. The third-order valence-electron chi connectivity index (χ3n) is 3.40. The number of aryl methyl sites for hydroxylation is 2. The van der Waals surface area contributed by atoms with Gasteiger partial charge in [0.15, 0.2) is 0 Å². The molecule has 102 valence electrons. The van der Waals surface area contributed by atoms with Gasteiger partial charge in [0.1, 0.15) is 0 Å². The van der Waals surface area contributed by atoms with Crippen molar-refractivity contribution in [1.29, 1.82) is 0 Å². The minimum absolute atomic E-state index is 0.0243. The van der Waals surface area contributed by atoms with Crippen molar-refractivity contribution in [3.05, 3.63) is 29.3 Å². The highest BCUT2D eigenvalue weighted by Crippen LogP contribution is 2.26. The van der Waals surface area contributed by atoms with Gasteiger partial charge in [0.2, 0.25) is 0 Å². The Morgan fingerprint density at radius 1 is 1.32 bits per heavy atom. The lowest BCUT2D eigenvalue weighted by Crippen LogP contribution is -2.32. The molecule has 19 heavy (non-hydrogen) atoms. The maximum atomic E-state index is 12.2. The van der Waals surface area contributed by atoms with Crippen molar-refractivity contribution in [1.82, 2.24) is 4.90 Å². The van der Waals surface area contributed by atoms with Gasteiger partial charge in [0.25, 0.3) is 0 Å². The number of anilines is 1. The van der Waals surface area contributed by atoms with Crippen LogP contribution in [0.2, 0.25) is 0 Å². The standard InChI is InChI=1S/C14H18N2O3/c1-9-4-10(2)6-11(5-9)16-8-12(7-13(17)18)15(3)14(16)19/h4-6,12H,7-8H2,1-3H3,(H,17,18). The maximum absolute atomic E-state index is 12.2. The molecule has 2 amide bonds. The molecule has 1 fully saturated rings. The van der Waals surface area contributed by atoms with Crippen molar-refractivity contribution >= 4 is 17.7 Å². The molecule has 0 saturated carbocycles. The number of amides is 2. The summed E-state index contributed by atoms with van der Waals surface area (Å²) in [7, 11) is 1.65. The number of carbonyl (C=O) groups excluding carboxylic acids is 1. The number of nitrogens with zero attached hydrogens (tertiary/aromatic N) is 2. The molecule has 1 aliphatic rings. The van der Waals surface area contributed by atoms with E-state index in [0.29, 0.717) is 6.54 Å². The number of aliphatic carboxylic acids is 1. The summed E-state index contributed by atoms with van der Waals surface area (Å²) in [6.45, 7) is 4.38. The van der Waals surface area contributed by atoms with E-state index in [0.717, 1.165) is 16.8 Å². The van der Waals surface area contributed by atoms with Gasteiger partial charge in [-0.25, -0.2) is 4.79 Å². The lowest BCUT2D eigenvalue weighted by molar-refractivity contribution is -0.137. The highest BCUT2D eigenvalue weighted by Gasteiger charge is 2.36. The fraction of sp³-hybridized carbons (Fsp3) is 0.429. The number of benzene rings is 1. The molecule has 0 radical (unpaired) electrons. The number of urea groups is 1. The van der Waals surface area contributed by atoms with Crippen molar-refractivity contribution in [2.24, 2.45) is 0 Å².